The van der Waals surface area contributed by atoms with Crippen LogP contribution in [0.4, 0.5) is 5.69 Å². The molecule has 0 radical (unpaired) electrons. The summed E-state index contributed by atoms with van der Waals surface area (Å²) in [5.74, 6) is 0.217. The maximum atomic E-state index is 12.9. The summed E-state index contributed by atoms with van der Waals surface area (Å²) in [6, 6.07) is 2.75. The van der Waals surface area contributed by atoms with E-state index in [9.17, 15) is 18.5 Å². The molecule has 1 aromatic carbocycles. The van der Waals surface area contributed by atoms with Crippen molar-refractivity contribution >= 4 is 15.7 Å². The molecule has 0 aromatic heterocycles. The van der Waals surface area contributed by atoms with Gasteiger partial charge in [-0.2, -0.15) is 4.31 Å². The quantitative estimate of drug-likeness (QED) is 0.651. The van der Waals surface area contributed by atoms with Crippen LogP contribution in [0.25, 0.3) is 0 Å². The fourth-order valence-electron chi connectivity index (χ4n) is 2.98. The second kappa shape index (κ2) is 6.94. The molecule has 2 N–H and O–H groups in total. The molecule has 128 valence electrons. The van der Waals surface area contributed by atoms with E-state index in [0.29, 0.717) is 25.2 Å². The van der Waals surface area contributed by atoms with E-state index in [1.807, 2.05) is 0 Å². The molecule has 1 fully saturated rings. The van der Waals surface area contributed by atoms with Crippen LogP contribution in [0, 0.1) is 29.9 Å². The third-order valence-corrected chi connectivity index (χ3v) is 6.34. The molecule has 0 spiro atoms. The van der Waals surface area contributed by atoms with Gasteiger partial charge in [0.15, 0.2) is 4.90 Å². The zero-order valence-corrected chi connectivity index (χ0v) is 14.3. The van der Waals surface area contributed by atoms with Crippen LogP contribution < -0.4 is 5.73 Å². The Labute approximate surface area is 136 Å². The van der Waals surface area contributed by atoms with Crippen molar-refractivity contribution < 1.29 is 13.3 Å². The van der Waals surface area contributed by atoms with E-state index >= 15 is 0 Å². The highest BCUT2D eigenvalue weighted by molar-refractivity contribution is 7.89. The summed E-state index contributed by atoms with van der Waals surface area (Å²) in [6.07, 6.45) is 2.46. The van der Waals surface area contributed by atoms with Gasteiger partial charge in [0.05, 0.1) is 4.92 Å². The van der Waals surface area contributed by atoms with Gasteiger partial charge in [-0.3, -0.25) is 10.1 Å². The van der Waals surface area contributed by atoms with Crippen LogP contribution in [0.15, 0.2) is 17.0 Å². The van der Waals surface area contributed by atoms with Gasteiger partial charge in [-0.15, -0.1) is 0 Å². The van der Waals surface area contributed by atoms with Crippen molar-refractivity contribution in [3.63, 3.8) is 0 Å². The van der Waals surface area contributed by atoms with E-state index in [1.165, 1.54) is 16.4 Å². The van der Waals surface area contributed by atoms with Gasteiger partial charge in [0, 0.05) is 19.2 Å². The molecule has 0 aliphatic carbocycles. The molecular formula is C15H23N3O4S. The molecular weight excluding hydrogens is 318 g/mol. The predicted octanol–water partition coefficient (Wildman–Crippen LogP) is 1.96. The Morgan fingerprint density at radius 2 is 2.00 bits per heavy atom. The number of nitrogens with zero attached hydrogens (tertiary/aromatic N) is 2. The first kappa shape index (κ1) is 17.8. The van der Waals surface area contributed by atoms with Crippen LogP contribution in [0.1, 0.15) is 30.4 Å². The molecule has 0 bridgehead atoms. The van der Waals surface area contributed by atoms with Crippen LogP contribution in [-0.2, 0) is 10.0 Å². The standard InChI is InChI=1S/C15H23N3O4S/c1-11-8-14(18(19)20)15(9-12(11)2)23(21,22)17-7-3-4-13(10-17)5-6-16/h8-9,13H,3-7,10,16H2,1-2H3. The lowest BCUT2D eigenvalue weighted by Crippen LogP contribution is -2.40. The second-order valence-corrected chi connectivity index (χ2v) is 8.02. The fraction of sp³-hybridized carbons (Fsp3) is 0.600. The lowest BCUT2D eigenvalue weighted by atomic mass is 9.96. The summed E-state index contributed by atoms with van der Waals surface area (Å²) in [6.45, 7) is 4.78. The topological polar surface area (TPSA) is 107 Å². The summed E-state index contributed by atoms with van der Waals surface area (Å²) >= 11 is 0. The average Bonchev–Trinajstić information content (AvgIpc) is 2.50. The molecule has 1 atom stereocenters. The van der Waals surface area contributed by atoms with Gasteiger partial charge in [0.25, 0.3) is 5.69 Å². The second-order valence-electron chi connectivity index (χ2n) is 6.11. The minimum atomic E-state index is -3.88. The van der Waals surface area contributed by atoms with E-state index in [0.717, 1.165) is 24.8 Å². The number of sulfonamides is 1. The van der Waals surface area contributed by atoms with Crippen molar-refractivity contribution in [1.82, 2.24) is 4.31 Å². The third kappa shape index (κ3) is 3.70. The number of aryl methyl sites for hydroxylation is 2. The fourth-order valence-corrected chi connectivity index (χ4v) is 4.76. The van der Waals surface area contributed by atoms with Gasteiger partial charge >= 0.3 is 0 Å². The molecule has 1 aliphatic rings. The number of hydrogen-bond donors (Lipinski definition) is 1. The van der Waals surface area contributed by atoms with E-state index in [-0.39, 0.29) is 16.5 Å². The van der Waals surface area contributed by atoms with Gasteiger partial charge in [-0.25, -0.2) is 8.42 Å². The third-order valence-electron chi connectivity index (χ3n) is 4.45. The first-order valence-corrected chi connectivity index (χ1v) is 9.17. The van der Waals surface area contributed by atoms with E-state index in [1.54, 1.807) is 13.8 Å². The smallest absolute Gasteiger partial charge is 0.289 e. The van der Waals surface area contributed by atoms with Crippen LogP contribution in [-0.4, -0.2) is 37.3 Å². The largest absolute Gasteiger partial charge is 0.330 e. The average molecular weight is 341 g/mol. The number of rotatable bonds is 5. The minimum absolute atomic E-state index is 0.209. The van der Waals surface area contributed by atoms with Crippen LogP contribution in [0.3, 0.4) is 0 Å². The summed E-state index contributed by atoms with van der Waals surface area (Å²) in [4.78, 5) is 10.5. The molecule has 1 unspecified atom stereocenters. The summed E-state index contributed by atoms with van der Waals surface area (Å²) in [5.41, 5.74) is 6.65. The monoisotopic (exact) mass is 341 g/mol. The number of hydrogen-bond acceptors (Lipinski definition) is 5. The number of nitro groups is 1. The Morgan fingerprint density at radius 3 is 2.61 bits per heavy atom. The van der Waals surface area contributed by atoms with E-state index < -0.39 is 14.9 Å². The number of nitrogens with two attached hydrogens (primary N) is 1. The normalized spacial score (nSPS) is 19.7. The molecule has 1 aromatic rings. The number of benzene rings is 1. The highest BCUT2D eigenvalue weighted by Crippen LogP contribution is 2.32. The molecule has 8 heteroatoms. The van der Waals surface area contributed by atoms with Crippen molar-refractivity contribution in [2.75, 3.05) is 19.6 Å². The first-order valence-electron chi connectivity index (χ1n) is 7.73. The van der Waals surface area contributed by atoms with Gasteiger partial charge < -0.3 is 5.73 Å². The number of piperidine rings is 1. The van der Waals surface area contributed by atoms with Crippen LogP contribution in [0.2, 0.25) is 0 Å². The SMILES string of the molecule is Cc1cc([N+](=O)[O-])c(S(=O)(=O)N2CCCC(CCN)C2)cc1C. The lowest BCUT2D eigenvalue weighted by molar-refractivity contribution is -0.387. The Hall–Kier alpha value is -1.51. The lowest BCUT2D eigenvalue weighted by Gasteiger charge is -2.31. The van der Waals surface area contributed by atoms with Gasteiger partial charge in [-0.05, 0) is 62.8 Å². The van der Waals surface area contributed by atoms with Gasteiger partial charge in [0.1, 0.15) is 0 Å². The van der Waals surface area contributed by atoms with Crippen LogP contribution in [0.5, 0.6) is 0 Å². The molecule has 0 amide bonds. The Balaban J connectivity index is 2.43. The Bertz CT molecular complexity index is 701. The molecule has 1 aliphatic heterocycles. The maximum absolute atomic E-state index is 12.9. The Kier molecular flexibility index (Phi) is 5.38. The van der Waals surface area contributed by atoms with Crippen molar-refractivity contribution in [3.8, 4) is 0 Å². The summed E-state index contributed by atoms with van der Waals surface area (Å²) < 4.78 is 27.2. The van der Waals surface area contributed by atoms with Crippen molar-refractivity contribution in [3.05, 3.63) is 33.4 Å². The zero-order valence-electron chi connectivity index (χ0n) is 13.5. The highest BCUT2D eigenvalue weighted by Gasteiger charge is 2.35. The molecule has 2 rings (SSSR count). The zero-order chi connectivity index (χ0) is 17.2. The van der Waals surface area contributed by atoms with Gasteiger partial charge in [-0.1, -0.05) is 0 Å². The summed E-state index contributed by atoms with van der Waals surface area (Å²) in [7, 11) is -3.88. The molecule has 1 saturated heterocycles. The minimum Gasteiger partial charge on any atom is -0.330 e. The Morgan fingerprint density at radius 1 is 1.35 bits per heavy atom. The van der Waals surface area contributed by atoms with Crippen molar-refractivity contribution in [2.24, 2.45) is 11.7 Å². The highest BCUT2D eigenvalue weighted by atomic mass is 32.2. The van der Waals surface area contributed by atoms with Gasteiger partial charge in [0.2, 0.25) is 10.0 Å². The maximum Gasteiger partial charge on any atom is 0.289 e. The van der Waals surface area contributed by atoms with Crippen LogP contribution >= 0.6 is 0 Å². The molecule has 1 heterocycles. The number of nitro benzene ring substituents is 1. The first-order chi connectivity index (χ1) is 10.8. The molecule has 0 saturated carbocycles. The van der Waals surface area contributed by atoms with E-state index in [4.69, 9.17) is 5.73 Å². The van der Waals surface area contributed by atoms with Crippen molar-refractivity contribution in [1.29, 1.82) is 0 Å². The molecule has 23 heavy (non-hydrogen) atoms. The predicted molar refractivity (Wildman–Crippen MR) is 87.7 cm³/mol. The van der Waals surface area contributed by atoms with Crippen molar-refractivity contribution in [2.45, 2.75) is 38.0 Å². The summed E-state index contributed by atoms with van der Waals surface area (Å²) in [5, 5.41) is 11.3. The van der Waals surface area contributed by atoms with E-state index in [2.05, 4.69) is 0 Å². The molecule has 7 nitrogen and oxygen atoms in total.